The van der Waals surface area contributed by atoms with Gasteiger partial charge in [0.15, 0.2) is 0 Å². The number of allylic oxidation sites excluding steroid dienone is 1. The van der Waals surface area contributed by atoms with Crippen LogP contribution in [0.15, 0.2) is 59.8 Å². The van der Waals surface area contributed by atoms with Crippen LogP contribution < -0.4 is 0 Å². The Morgan fingerprint density at radius 3 is 2.35 bits per heavy atom. The molecule has 0 saturated carbocycles. The molecule has 2 heterocycles. The normalized spacial score (nSPS) is 18.8. The van der Waals surface area contributed by atoms with Gasteiger partial charge in [0.25, 0.3) is 0 Å². The van der Waals surface area contributed by atoms with E-state index in [2.05, 4.69) is 17.0 Å². The molecular formula is C28H31Cl2N3O4. The molecule has 1 saturated heterocycles. The number of piperazine rings is 1. The third kappa shape index (κ3) is 6.35. The topological polar surface area (TPSA) is 70.2 Å². The Balaban J connectivity index is 1.48. The summed E-state index contributed by atoms with van der Waals surface area (Å²) in [5.74, 6) is -1.40. The van der Waals surface area contributed by atoms with Gasteiger partial charge in [-0.3, -0.25) is 14.5 Å². The Kier molecular flexibility index (Phi) is 8.90. The summed E-state index contributed by atoms with van der Waals surface area (Å²) in [6, 6.07) is 15.3. The molecule has 37 heavy (non-hydrogen) atoms. The Morgan fingerprint density at radius 1 is 1.00 bits per heavy atom. The zero-order valence-electron chi connectivity index (χ0n) is 21.1. The minimum absolute atomic E-state index is 0.0293. The summed E-state index contributed by atoms with van der Waals surface area (Å²) in [6.07, 6.45) is 0.0293. The highest BCUT2D eigenvalue weighted by Crippen LogP contribution is 2.39. The monoisotopic (exact) mass is 543 g/mol. The number of esters is 1. The Labute approximate surface area is 227 Å². The first-order valence-corrected chi connectivity index (χ1v) is 13.2. The zero-order valence-corrected chi connectivity index (χ0v) is 22.6. The minimum atomic E-state index is -0.533. The van der Waals surface area contributed by atoms with Crippen LogP contribution in [0.1, 0.15) is 37.3 Å². The second-order valence-electron chi connectivity index (χ2n) is 9.27. The summed E-state index contributed by atoms with van der Waals surface area (Å²) in [5.41, 5.74) is 2.73. The van der Waals surface area contributed by atoms with Crippen LogP contribution in [-0.4, -0.2) is 71.8 Å². The van der Waals surface area contributed by atoms with E-state index >= 15 is 0 Å². The highest BCUT2D eigenvalue weighted by molar-refractivity contribution is 6.42. The molecular weight excluding hydrogens is 513 g/mol. The lowest BCUT2D eigenvalue weighted by molar-refractivity contribution is -0.143. The molecule has 2 aliphatic heterocycles. The van der Waals surface area contributed by atoms with Crippen LogP contribution in [0.2, 0.25) is 10.0 Å². The van der Waals surface area contributed by atoms with E-state index < -0.39 is 11.9 Å². The van der Waals surface area contributed by atoms with E-state index in [-0.39, 0.29) is 31.4 Å². The van der Waals surface area contributed by atoms with E-state index in [1.54, 1.807) is 36.9 Å². The lowest BCUT2D eigenvalue weighted by Crippen LogP contribution is -2.52. The van der Waals surface area contributed by atoms with Crippen molar-refractivity contribution >= 4 is 41.0 Å². The van der Waals surface area contributed by atoms with Crippen molar-refractivity contribution in [1.82, 2.24) is 14.7 Å². The molecule has 0 bridgehead atoms. The average Bonchev–Trinajstić information content (AvgIpc) is 2.89. The van der Waals surface area contributed by atoms with Crippen molar-refractivity contribution in [1.29, 1.82) is 0 Å². The fourth-order valence-electron chi connectivity index (χ4n) is 4.92. The van der Waals surface area contributed by atoms with Gasteiger partial charge in [-0.25, -0.2) is 4.79 Å². The van der Waals surface area contributed by atoms with Gasteiger partial charge in [0.1, 0.15) is 6.54 Å². The van der Waals surface area contributed by atoms with Crippen molar-refractivity contribution in [2.75, 3.05) is 39.3 Å². The predicted molar refractivity (Wildman–Crippen MR) is 143 cm³/mol. The van der Waals surface area contributed by atoms with Crippen LogP contribution in [0.5, 0.6) is 0 Å². The van der Waals surface area contributed by atoms with Gasteiger partial charge in [-0.2, -0.15) is 0 Å². The molecule has 196 valence electrons. The Bertz CT molecular complexity index is 1190. The van der Waals surface area contributed by atoms with E-state index in [1.807, 2.05) is 18.2 Å². The minimum Gasteiger partial charge on any atom is -0.463 e. The zero-order chi connectivity index (χ0) is 26.5. The molecule has 0 spiro atoms. The smallest absolute Gasteiger partial charge is 0.336 e. The van der Waals surface area contributed by atoms with Crippen LogP contribution >= 0.6 is 23.2 Å². The maximum Gasteiger partial charge on any atom is 0.336 e. The first-order chi connectivity index (χ1) is 17.8. The molecule has 0 N–H and O–H groups in total. The second-order valence-corrected chi connectivity index (χ2v) is 10.1. The van der Waals surface area contributed by atoms with Crippen LogP contribution in [-0.2, 0) is 25.7 Å². The van der Waals surface area contributed by atoms with Gasteiger partial charge in [0, 0.05) is 50.8 Å². The number of hydrogen-bond acceptors (Lipinski definition) is 5. The first-order valence-electron chi connectivity index (χ1n) is 12.5. The van der Waals surface area contributed by atoms with Gasteiger partial charge in [-0.1, -0.05) is 59.6 Å². The van der Waals surface area contributed by atoms with Gasteiger partial charge in [-0.15, -0.1) is 0 Å². The van der Waals surface area contributed by atoms with Crippen molar-refractivity contribution in [3.05, 3.63) is 81.0 Å². The molecule has 2 aliphatic rings. The molecule has 9 heteroatoms. The summed E-state index contributed by atoms with van der Waals surface area (Å²) >= 11 is 12.3. The number of carbonyl (C=O) groups is 3. The van der Waals surface area contributed by atoms with Crippen LogP contribution in [0.4, 0.5) is 0 Å². The Hall–Kier alpha value is -2.87. The van der Waals surface area contributed by atoms with E-state index in [9.17, 15) is 14.4 Å². The quantitative estimate of drug-likeness (QED) is 0.481. The number of amides is 2. The summed E-state index contributed by atoms with van der Waals surface area (Å²) in [7, 11) is 0. The molecule has 7 nitrogen and oxygen atoms in total. The number of carbonyl (C=O) groups excluding carboxylic acids is 3. The second kappa shape index (κ2) is 12.1. The van der Waals surface area contributed by atoms with Crippen molar-refractivity contribution in [2.45, 2.75) is 32.7 Å². The largest absolute Gasteiger partial charge is 0.463 e. The summed E-state index contributed by atoms with van der Waals surface area (Å²) in [5, 5.41) is 0.735. The summed E-state index contributed by atoms with van der Waals surface area (Å²) in [6.45, 7) is 7.06. The lowest BCUT2D eigenvalue weighted by atomic mass is 9.83. The number of hydrogen-bond donors (Lipinski definition) is 0. The highest BCUT2D eigenvalue weighted by atomic mass is 35.5. The van der Waals surface area contributed by atoms with E-state index in [0.29, 0.717) is 40.0 Å². The molecule has 2 aromatic rings. The molecule has 4 rings (SSSR count). The van der Waals surface area contributed by atoms with Gasteiger partial charge < -0.3 is 14.5 Å². The molecule has 1 fully saturated rings. The number of rotatable bonds is 7. The fraction of sp³-hybridized carbons (Fsp3) is 0.393. The first kappa shape index (κ1) is 27.2. The number of nitrogens with zero attached hydrogens (tertiary/aromatic N) is 3. The molecule has 2 aromatic carbocycles. The van der Waals surface area contributed by atoms with E-state index in [4.69, 9.17) is 27.9 Å². The molecule has 0 radical (unpaired) electrons. The molecule has 1 atom stereocenters. The summed E-state index contributed by atoms with van der Waals surface area (Å²) < 4.78 is 5.33. The van der Waals surface area contributed by atoms with Crippen molar-refractivity contribution in [3.63, 3.8) is 0 Å². The van der Waals surface area contributed by atoms with Gasteiger partial charge in [-0.05, 0) is 37.1 Å². The van der Waals surface area contributed by atoms with Crippen molar-refractivity contribution < 1.29 is 19.1 Å². The molecule has 2 amide bonds. The highest BCUT2D eigenvalue weighted by Gasteiger charge is 2.38. The number of halogens is 2. The van der Waals surface area contributed by atoms with Crippen molar-refractivity contribution in [3.8, 4) is 0 Å². The van der Waals surface area contributed by atoms with Crippen LogP contribution in [0.25, 0.3) is 0 Å². The number of benzene rings is 2. The van der Waals surface area contributed by atoms with Crippen molar-refractivity contribution in [2.24, 2.45) is 0 Å². The van der Waals surface area contributed by atoms with Crippen LogP contribution in [0.3, 0.4) is 0 Å². The van der Waals surface area contributed by atoms with Gasteiger partial charge in [0.05, 0.1) is 22.2 Å². The van der Waals surface area contributed by atoms with Gasteiger partial charge in [0.2, 0.25) is 11.8 Å². The Morgan fingerprint density at radius 2 is 1.70 bits per heavy atom. The summed E-state index contributed by atoms with van der Waals surface area (Å²) in [4.78, 5) is 45.0. The SMILES string of the molecule is CCOC(=O)C1=C(C)N(CC(=O)N2CCN(Cc3ccccc3)CC2)C(=O)CC1c1ccc(Cl)c(Cl)c1. The molecule has 1 unspecified atom stereocenters. The molecule has 0 aromatic heterocycles. The lowest BCUT2D eigenvalue weighted by Gasteiger charge is -2.38. The average molecular weight is 544 g/mol. The maximum absolute atomic E-state index is 13.2. The molecule has 0 aliphatic carbocycles. The van der Waals surface area contributed by atoms with E-state index in [0.717, 1.165) is 19.6 Å². The van der Waals surface area contributed by atoms with Crippen LogP contribution in [0, 0.1) is 0 Å². The van der Waals surface area contributed by atoms with E-state index in [1.165, 1.54) is 10.5 Å². The number of ether oxygens (including phenoxy) is 1. The third-order valence-electron chi connectivity index (χ3n) is 6.93. The van der Waals surface area contributed by atoms with Gasteiger partial charge >= 0.3 is 5.97 Å². The maximum atomic E-state index is 13.2. The standard InChI is InChI=1S/C28H31Cl2N3O4/c1-3-37-28(36)27-19(2)33(25(34)16-22(27)21-9-10-23(29)24(30)15-21)18-26(35)32-13-11-31(12-14-32)17-20-7-5-4-6-8-20/h4-10,15,22H,3,11-14,16-18H2,1-2H3. The predicted octanol–water partition coefficient (Wildman–Crippen LogP) is 4.49. The third-order valence-corrected chi connectivity index (χ3v) is 7.67. The fourth-order valence-corrected chi connectivity index (χ4v) is 5.23.